The van der Waals surface area contributed by atoms with Gasteiger partial charge >= 0.3 is 0 Å². The number of nitrogens with two attached hydrogens (primary N) is 1. The summed E-state index contributed by atoms with van der Waals surface area (Å²) < 4.78 is 0. The van der Waals surface area contributed by atoms with Crippen LogP contribution in [0.25, 0.3) is 0 Å². The Morgan fingerprint density at radius 1 is 1.33 bits per heavy atom. The second kappa shape index (κ2) is 4.09. The first-order chi connectivity index (χ1) is 8.65. The van der Waals surface area contributed by atoms with Crippen LogP contribution in [0.2, 0.25) is 0 Å². The van der Waals surface area contributed by atoms with Gasteiger partial charge in [-0.25, -0.2) is 0 Å². The van der Waals surface area contributed by atoms with Crippen LogP contribution >= 0.6 is 0 Å². The molecule has 2 fully saturated rings. The predicted molar refractivity (Wildman–Crippen MR) is 70.8 cm³/mol. The first-order valence-corrected chi connectivity index (χ1v) is 6.77. The maximum absolute atomic E-state index is 12.6. The fraction of sp³-hybridized carbons (Fsp3) is 0.533. The third kappa shape index (κ3) is 1.50. The van der Waals surface area contributed by atoms with Gasteiger partial charge < -0.3 is 10.6 Å². The standard InChI is InChI=1S/C15H20N2O/c1-11(12-6-3-2-4-7-12)17-10-13(16)15(14(17)18)8-5-9-15/h2-4,6-7,11,13H,5,8-10,16H2,1H3/t11-,13-/m1/s1. The fourth-order valence-corrected chi connectivity index (χ4v) is 3.30. The Hall–Kier alpha value is -1.35. The number of likely N-dealkylation sites (tertiary alicyclic amines) is 1. The molecule has 1 saturated carbocycles. The molecule has 1 heterocycles. The molecule has 3 rings (SSSR count). The highest BCUT2D eigenvalue weighted by atomic mass is 16.2. The number of rotatable bonds is 2. The molecule has 1 aromatic carbocycles. The van der Waals surface area contributed by atoms with Crippen LogP contribution in [0.5, 0.6) is 0 Å². The van der Waals surface area contributed by atoms with Gasteiger partial charge in [-0.3, -0.25) is 4.79 Å². The Morgan fingerprint density at radius 3 is 2.50 bits per heavy atom. The zero-order chi connectivity index (χ0) is 12.8. The van der Waals surface area contributed by atoms with E-state index in [9.17, 15) is 4.79 Å². The lowest BCUT2D eigenvalue weighted by Gasteiger charge is -2.39. The molecule has 1 saturated heterocycles. The Bertz CT molecular complexity index is 453. The van der Waals surface area contributed by atoms with Crippen LogP contribution in [0.3, 0.4) is 0 Å². The molecule has 3 nitrogen and oxygen atoms in total. The van der Waals surface area contributed by atoms with Gasteiger partial charge in [0.1, 0.15) is 0 Å². The summed E-state index contributed by atoms with van der Waals surface area (Å²) in [7, 11) is 0. The molecule has 2 atom stereocenters. The van der Waals surface area contributed by atoms with Crippen molar-refractivity contribution in [1.82, 2.24) is 4.90 Å². The van der Waals surface area contributed by atoms with E-state index >= 15 is 0 Å². The minimum absolute atomic E-state index is 0.0184. The smallest absolute Gasteiger partial charge is 0.230 e. The molecule has 0 unspecified atom stereocenters. The van der Waals surface area contributed by atoms with Crippen molar-refractivity contribution in [2.24, 2.45) is 11.1 Å². The Kier molecular flexibility index (Phi) is 2.67. The molecule has 96 valence electrons. The molecule has 2 N–H and O–H groups in total. The second-order valence-electron chi connectivity index (χ2n) is 5.66. The van der Waals surface area contributed by atoms with Crippen LogP contribution in [-0.2, 0) is 4.79 Å². The maximum Gasteiger partial charge on any atom is 0.230 e. The summed E-state index contributed by atoms with van der Waals surface area (Å²) in [5.74, 6) is 0.276. The summed E-state index contributed by atoms with van der Waals surface area (Å²) in [4.78, 5) is 14.6. The summed E-state index contributed by atoms with van der Waals surface area (Å²) in [5.41, 5.74) is 7.18. The van der Waals surface area contributed by atoms with Crippen LogP contribution in [0.4, 0.5) is 0 Å². The maximum atomic E-state index is 12.6. The van der Waals surface area contributed by atoms with Crippen molar-refractivity contribution < 1.29 is 4.79 Å². The van der Waals surface area contributed by atoms with Crippen molar-refractivity contribution in [1.29, 1.82) is 0 Å². The zero-order valence-electron chi connectivity index (χ0n) is 10.8. The van der Waals surface area contributed by atoms with Crippen LogP contribution < -0.4 is 5.73 Å². The van der Waals surface area contributed by atoms with Crippen molar-refractivity contribution in [3.63, 3.8) is 0 Å². The monoisotopic (exact) mass is 244 g/mol. The Balaban J connectivity index is 1.84. The van der Waals surface area contributed by atoms with Crippen LogP contribution in [0.1, 0.15) is 37.8 Å². The van der Waals surface area contributed by atoms with Crippen molar-refractivity contribution in [3.05, 3.63) is 35.9 Å². The normalized spacial score (nSPS) is 27.3. The minimum atomic E-state index is -0.219. The lowest BCUT2D eigenvalue weighted by atomic mass is 9.65. The van der Waals surface area contributed by atoms with E-state index in [4.69, 9.17) is 5.73 Å². The molecule has 0 aromatic heterocycles. The van der Waals surface area contributed by atoms with Crippen molar-refractivity contribution >= 4 is 5.91 Å². The number of benzene rings is 1. The van der Waals surface area contributed by atoms with Gasteiger partial charge in [0.2, 0.25) is 5.91 Å². The Labute approximate surface area is 108 Å². The summed E-state index contributed by atoms with van der Waals surface area (Å²) in [5, 5.41) is 0. The highest BCUT2D eigenvalue weighted by Crippen LogP contribution is 2.49. The Morgan fingerprint density at radius 2 is 2.00 bits per heavy atom. The van der Waals surface area contributed by atoms with E-state index < -0.39 is 0 Å². The van der Waals surface area contributed by atoms with E-state index in [1.165, 1.54) is 5.56 Å². The van der Waals surface area contributed by atoms with Crippen LogP contribution in [0, 0.1) is 5.41 Å². The lowest BCUT2D eigenvalue weighted by molar-refractivity contribution is -0.142. The first-order valence-electron chi connectivity index (χ1n) is 6.77. The molecular weight excluding hydrogens is 224 g/mol. The SMILES string of the molecule is C[C@H](c1ccccc1)N1C[C@@H](N)C2(CCC2)C1=O. The number of hydrogen-bond acceptors (Lipinski definition) is 2. The van der Waals surface area contributed by atoms with Gasteiger partial charge in [-0.1, -0.05) is 36.8 Å². The van der Waals surface area contributed by atoms with Gasteiger partial charge in [-0.05, 0) is 25.3 Å². The molecular formula is C15H20N2O. The quantitative estimate of drug-likeness (QED) is 0.866. The molecule has 1 aromatic rings. The van der Waals surface area contributed by atoms with E-state index in [0.717, 1.165) is 19.3 Å². The largest absolute Gasteiger partial charge is 0.334 e. The third-order valence-electron chi connectivity index (χ3n) is 4.79. The van der Waals surface area contributed by atoms with Crippen LogP contribution in [0.15, 0.2) is 30.3 Å². The van der Waals surface area contributed by atoms with E-state index in [0.29, 0.717) is 6.54 Å². The van der Waals surface area contributed by atoms with E-state index in [1.54, 1.807) is 0 Å². The summed E-state index contributed by atoms with van der Waals surface area (Å²) >= 11 is 0. The fourth-order valence-electron chi connectivity index (χ4n) is 3.30. The number of carbonyl (C=O) groups is 1. The highest BCUT2D eigenvalue weighted by Gasteiger charge is 2.56. The summed E-state index contributed by atoms with van der Waals surface area (Å²) in [6.07, 6.45) is 3.10. The number of amides is 1. The topological polar surface area (TPSA) is 46.3 Å². The molecule has 1 aliphatic carbocycles. The number of carbonyl (C=O) groups excluding carboxylic acids is 1. The van der Waals surface area contributed by atoms with Gasteiger partial charge in [-0.2, -0.15) is 0 Å². The van der Waals surface area contributed by atoms with E-state index in [-0.39, 0.29) is 23.4 Å². The average Bonchev–Trinajstić information content (AvgIpc) is 2.61. The molecule has 0 radical (unpaired) electrons. The van der Waals surface area contributed by atoms with Crippen molar-refractivity contribution in [2.45, 2.75) is 38.3 Å². The molecule has 1 spiro atoms. The zero-order valence-corrected chi connectivity index (χ0v) is 10.8. The predicted octanol–water partition coefficient (Wildman–Crippen LogP) is 2.09. The number of hydrogen-bond donors (Lipinski definition) is 1. The van der Waals surface area contributed by atoms with E-state index in [1.807, 2.05) is 23.1 Å². The highest BCUT2D eigenvalue weighted by molar-refractivity contribution is 5.87. The third-order valence-corrected chi connectivity index (χ3v) is 4.79. The molecule has 1 amide bonds. The van der Waals surface area contributed by atoms with Gasteiger partial charge in [-0.15, -0.1) is 0 Å². The van der Waals surface area contributed by atoms with Gasteiger partial charge in [0.25, 0.3) is 0 Å². The first kappa shape index (κ1) is 11.7. The summed E-state index contributed by atoms with van der Waals surface area (Å²) in [6, 6.07) is 10.3. The van der Waals surface area contributed by atoms with Crippen molar-refractivity contribution in [2.75, 3.05) is 6.54 Å². The van der Waals surface area contributed by atoms with Gasteiger partial charge in [0.05, 0.1) is 11.5 Å². The van der Waals surface area contributed by atoms with Gasteiger partial charge in [0.15, 0.2) is 0 Å². The van der Waals surface area contributed by atoms with Gasteiger partial charge in [0, 0.05) is 12.6 Å². The molecule has 2 aliphatic rings. The molecule has 0 bridgehead atoms. The molecule has 3 heteroatoms. The second-order valence-corrected chi connectivity index (χ2v) is 5.66. The average molecular weight is 244 g/mol. The van der Waals surface area contributed by atoms with Crippen molar-refractivity contribution in [3.8, 4) is 0 Å². The lowest BCUT2D eigenvalue weighted by Crippen LogP contribution is -2.48. The minimum Gasteiger partial charge on any atom is -0.334 e. The molecule has 18 heavy (non-hydrogen) atoms. The number of nitrogens with zero attached hydrogens (tertiary/aromatic N) is 1. The summed E-state index contributed by atoms with van der Waals surface area (Å²) in [6.45, 7) is 2.80. The molecule has 1 aliphatic heterocycles. The van der Waals surface area contributed by atoms with Crippen LogP contribution in [-0.4, -0.2) is 23.4 Å². The van der Waals surface area contributed by atoms with E-state index in [2.05, 4.69) is 19.1 Å².